The van der Waals surface area contributed by atoms with E-state index >= 15 is 0 Å². The number of benzene rings is 1. The van der Waals surface area contributed by atoms with Gasteiger partial charge in [0.1, 0.15) is 5.75 Å². The van der Waals surface area contributed by atoms with Crippen molar-refractivity contribution in [1.82, 2.24) is 5.32 Å². The number of carboxylic acids is 1. The van der Waals surface area contributed by atoms with E-state index in [2.05, 4.69) is 5.32 Å². The number of hydrogen-bond donors (Lipinski definition) is 2. The van der Waals surface area contributed by atoms with Crippen LogP contribution in [0.2, 0.25) is 0 Å². The van der Waals surface area contributed by atoms with Crippen LogP contribution in [0.4, 0.5) is 0 Å². The predicted octanol–water partition coefficient (Wildman–Crippen LogP) is 2.46. The molecule has 1 heterocycles. The summed E-state index contributed by atoms with van der Waals surface area (Å²) in [4.78, 5) is 23.6. The third kappa shape index (κ3) is 4.96. The van der Waals surface area contributed by atoms with Gasteiger partial charge in [-0.05, 0) is 43.9 Å². The summed E-state index contributed by atoms with van der Waals surface area (Å²) in [6.45, 7) is 2.48. The molecule has 2 rings (SSSR count). The Labute approximate surface area is 142 Å². The Morgan fingerprint density at radius 3 is 2.88 bits per heavy atom. The van der Waals surface area contributed by atoms with E-state index in [1.54, 1.807) is 38.3 Å². The highest BCUT2D eigenvalue weighted by Gasteiger charge is 2.32. The van der Waals surface area contributed by atoms with Gasteiger partial charge in [0, 0.05) is 13.0 Å². The average molecular weight is 335 g/mol. The van der Waals surface area contributed by atoms with E-state index in [-0.39, 0.29) is 18.4 Å². The maximum atomic E-state index is 12.3. The first kappa shape index (κ1) is 18.3. The summed E-state index contributed by atoms with van der Waals surface area (Å²) >= 11 is 0. The number of rotatable bonds is 8. The van der Waals surface area contributed by atoms with Gasteiger partial charge in [-0.15, -0.1) is 0 Å². The minimum atomic E-state index is -0.992. The first-order valence-corrected chi connectivity index (χ1v) is 8.22. The van der Waals surface area contributed by atoms with E-state index < -0.39 is 11.5 Å². The molecule has 1 fully saturated rings. The van der Waals surface area contributed by atoms with Crippen LogP contribution in [0.5, 0.6) is 5.75 Å². The second-order valence-corrected chi connectivity index (χ2v) is 6.36. The Balaban J connectivity index is 2.07. The van der Waals surface area contributed by atoms with E-state index in [1.807, 2.05) is 0 Å². The lowest BCUT2D eigenvalue weighted by Crippen LogP contribution is -2.45. The van der Waals surface area contributed by atoms with Gasteiger partial charge < -0.3 is 19.9 Å². The number of methoxy groups -OCH3 is 1. The molecule has 1 aliphatic heterocycles. The summed E-state index contributed by atoms with van der Waals surface area (Å²) in [5.74, 6) is -0.519. The van der Waals surface area contributed by atoms with Crippen molar-refractivity contribution in [3.8, 4) is 5.75 Å². The van der Waals surface area contributed by atoms with E-state index in [1.165, 1.54) is 0 Å². The van der Waals surface area contributed by atoms with Crippen molar-refractivity contribution in [3.05, 3.63) is 29.8 Å². The molecule has 0 saturated carbocycles. The van der Waals surface area contributed by atoms with Gasteiger partial charge >= 0.3 is 5.97 Å². The van der Waals surface area contributed by atoms with Gasteiger partial charge in [-0.1, -0.05) is 12.1 Å². The Kier molecular flexibility index (Phi) is 6.20. The predicted molar refractivity (Wildman–Crippen MR) is 88.9 cm³/mol. The van der Waals surface area contributed by atoms with Gasteiger partial charge in [-0.25, -0.2) is 0 Å². The normalized spacial score (nSPS) is 19.5. The fraction of sp³-hybridized carbons (Fsp3) is 0.556. The molecule has 1 aromatic rings. The first-order valence-electron chi connectivity index (χ1n) is 8.22. The monoisotopic (exact) mass is 335 g/mol. The number of amides is 1. The van der Waals surface area contributed by atoms with Gasteiger partial charge in [-0.3, -0.25) is 9.59 Å². The smallest absolute Gasteiger partial charge is 0.306 e. The van der Waals surface area contributed by atoms with E-state index in [9.17, 15) is 14.7 Å². The van der Waals surface area contributed by atoms with Crippen LogP contribution in [0.3, 0.4) is 0 Å². The summed E-state index contributed by atoms with van der Waals surface area (Å²) in [6.07, 6.45) is 2.93. The summed E-state index contributed by atoms with van der Waals surface area (Å²) in [5, 5.41) is 12.1. The number of nitrogens with one attached hydrogen (secondary N) is 1. The lowest BCUT2D eigenvalue weighted by molar-refractivity contribution is -0.139. The summed E-state index contributed by atoms with van der Waals surface area (Å²) in [6, 6.07) is 7.12. The second kappa shape index (κ2) is 8.15. The lowest BCUT2D eigenvalue weighted by Gasteiger charge is -2.30. The van der Waals surface area contributed by atoms with Crippen LogP contribution < -0.4 is 10.1 Å². The largest absolute Gasteiger partial charge is 0.497 e. The lowest BCUT2D eigenvalue weighted by atomic mass is 9.88. The molecule has 1 aliphatic rings. The van der Waals surface area contributed by atoms with Gasteiger partial charge in [0.05, 0.1) is 25.2 Å². The standard InChI is InChI=1S/C18H25NO5/c1-18(12-17(21)22,13-5-3-6-15(11-13)23-2)19-16(20)9-8-14-7-4-10-24-14/h3,5-6,11,14H,4,7-10,12H2,1-2H3,(H,19,20)(H,21,22). The molecule has 0 radical (unpaired) electrons. The van der Waals surface area contributed by atoms with Crippen molar-refractivity contribution in [2.45, 2.75) is 50.7 Å². The molecular formula is C18H25NO5. The third-order valence-corrected chi connectivity index (χ3v) is 4.34. The molecule has 2 unspecified atom stereocenters. The molecule has 0 bridgehead atoms. The molecule has 132 valence electrons. The number of carbonyl (C=O) groups is 2. The Morgan fingerprint density at radius 1 is 1.46 bits per heavy atom. The maximum Gasteiger partial charge on any atom is 0.306 e. The quantitative estimate of drug-likeness (QED) is 0.762. The molecule has 6 heteroatoms. The van der Waals surface area contributed by atoms with Crippen LogP contribution in [0.15, 0.2) is 24.3 Å². The first-order chi connectivity index (χ1) is 11.4. The zero-order chi connectivity index (χ0) is 17.6. The van der Waals surface area contributed by atoms with Crippen molar-refractivity contribution < 1.29 is 24.2 Å². The number of carbonyl (C=O) groups excluding carboxylic acids is 1. The SMILES string of the molecule is COc1cccc(C(C)(CC(=O)O)NC(=O)CCC2CCCO2)c1. The molecule has 0 aliphatic carbocycles. The van der Waals surface area contributed by atoms with E-state index in [0.29, 0.717) is 24.2 Å². The van der Waals surface area contributed by atoms with Crippen LogP contribution in [0, 0.1) is 0 Å². The molecule has 1 aromatic carbocycles. The van der Waals surface area contributed by atoms with Crippen molar-refractivity contribution in [3.63, 3.8) is 0 Å². The Bertz CT molecular complexity index is 583. The van der Waals surface area contributed by atoms with Gasteiger partial charge in [0.15, 0.2) is 0 Å². The zero-order valence-electron chi connectivity index (χ0n) is 14.2. The minimum absolute atomic E-state index is 0.137. The molecule has 1 amide bonds. The van der Waals surface area contributed by atoms with Gasteiger partial charge in [0.2, 0.25) is 5.91 Å². The Morgan fingerprint density at radius 2 is 2.25 bits per heavy atom. The molecule has 0 aromatic heterocycles. The molecular weight excluding hydrogens is 310 g/mol. The van der Waals surface area contributed by atoms with Crippen molar-refractivity contribution in [1.29, 1.82) is 0 Å². The summed E-state index contributed by atoms with van der Waals surface area (Å²) < 4.78 is 10.7. The molecule has 0 spiro atoms. The van der Waals surface area contributed by atoms with Gasteiger partial charge in [-0.2, -0.15) is 0 Å². The van der Waals surface area contributed by atoms with Crippen molar-refractivity contribution in [2.24, 2.45) is 0 Å². The van der Waals surface area contributed by atoms with E-state index in [0.717, 1.165) is 19.4 Å². The fourth-order valence-electron chi connectivity index (χ4n) is 3.02. The number of aliphatic carboxylic acids is 1. The zero-order valence-corrected chi connectivity index (χ0v) is 14.2. The van der Waals surface area contributed by atoms with E-state index in [4.69, 9.17) is 9.47 Å². The maximum absolute atomic E-state index is 12.3. The summed E-state index contributed by atoms with van der Waals surface area (Å²) in [5.41, 5.74) is -0.289. The number of ether oxygens (including phenoxy) is 2. The van der Waals surface area contributed by atoms with Crippen LogP contribution >= 0.6 is 0 Å². The van der Waals surface area contributed by atoms with Crippen LogP contribution in [-0.4, -0.2) is 36.8 Å². The molecule has 2 atom stereocenters. The van der Waals surface area contributed by atoms with Crippen LogP contribution in [0.1, 0.15) is 44.6 Å². The molecule has 6 nitrogen and oxygen atoms in total. The Hall–Kier alpha value is -2.08. The van der Waals surface area contributed by atoms with Crippen molar-refractivity contribution in [2.75, 3.05) is 13.7 Å². The van der Waals surface area contributed by atoms with Crippen LogP contribution in [0.25, 0.3) is 0 Å². The third-order valence-electron chi connectivity index (χ3n) is 4.34. The van der Waals surface area contributed by atoms with Gasteiger partial charge in [0.25, 0.3) is 0 Å². The highest BCUT2D eigenvalue weighted by Crippen LogP contribution is 2.28. The van der Waals surface area contributed by atoms with Crippen LogP contribution in [-0.2, 0) is 19.9 Å². The molecule has 24 heavy (non-hydrogen) atoms. The number of hydrogen-bond acceptors (Lipinski definition) is 4. The second-order valence-electron chi connectivity index (χ2n) is 6.36. The molecule has 2 N–H and O–H groups in total. The van der Waals surface area contributed by atoms with Crippen molar-refractivity contribution >= 4 is 11.9 Å². The highest BCUT2D eigenvalue weighted by molar-refractivity contribution is 5.78. The summed E-state index contributed by atoms with van der Waals surface area (Å²) in [7, 11) is 1.55. The fourth-order valence-corrected chi connectivity index (χ4v) is 3.02. The average Bonchev–Trinajstić information content (AvgIpc) is 3.05. The minimum Gasteiger partial charge on any atom is -0.497 e. The number of carboxylic acid groups (broad SMARTS) is 1. The molecule has 1 saturated heterocycles. The highest BCUT2D eigenvalue weighted by atomic mass is 16.5. The topological polar surface area (TPSA) is 84.9 Å².